The van der Waals surface area contributed by atoms with Crippen molar-refractivity contribution in [3.8, 4) is 0 Å². The molecule has 4 nitrogen and oxygen atoms in total. The van der Waals surface area contributed by atoms with E-state index in [9.17, 15) is 4.79 Å². The van der Waals surface area contributed by atoms with Crippen LogP contribution in [-0.4, -0.2) is 24.7 Å². The van der Waals surface area contributed by atoms with E-state index >= 15 is 0 Å². The molecule has 2 heterocycles. The summed E-state index contributed by atoms with van der Waals surface area (Å²) in [6.07, 6.45) is 1.53. The van der Waals surface area contributed by atoms with Crippen LogP contribution in [0, 0.1) is 0 Å². The second-order valence-corrected chi connectivity index (χ2v) is 2.46. The van der Waals surface area contributed by atoms with Crippen molar-refractivity contribution in [1.29, 1.82) is 0 Å². The highest BCUT2D eigenvalue weighted by atomic mass is 16.3. The molecule has 0 unspecified atom stereocenters. The van der Waals surface area contributed by atoms with Crippen molar-refractivity contribution in [3.05, 3.63) is 24.2 Å². The van der Waals surface area contributed by atoms with Crippen molar-refractivity contribution < 1.29 is 9.21 Å². The van der Waals surface area contributed by atoms with Gasteiger partial charge in [-0.2, -0.15) is 0 Å². The molecule has 62 valence electrons. The molecule has 1 aliphatic rings. The van der Waals surface area contributed by atoms with Crippen LogP contribution in [0.25, 0.3) is 0 Å². The van der Waals surface area contributed by atoms with Crippen molar-refractivity contribution in [3.63, 3.8) is 0 Å². The Labute approximate surface area is 69.3 Å². The number of rotatable bonds is 1. The Morgan fingerprint density at radius 1 is 1.58 bits per heavy atom. The molecule has 0 bridgehead atoms. The minimum absolute atomic E-state index is 0.156. The molecular formula is C8H8N2O2. The van der Waals surface area contributed by atoms with Crippen LogP contribution in [0.3, 0.4) is 0 Å². The number of nitrogens with zero attached hydrogens (tertiary/aromatic N) is 1. The van der Waals surface area contributed by atoms with Gasteiger partial charge in [0, 0.05) is 6.54 Å². The SMILES string of the molecule is O=C1NCCN=C1c1ccco1. The molecule has 1 aromatic heterocycles. The van der Waals surface area contributed by atoms with Gasteiger partial charge in [-0.15, -0.1) is 0 Å². The van der Waals surface area contributed by atoms with E-state index in [1.165, 1.54) is 6.26 Å². The van der Waals surface area contributed by atoms with Crippen LogP contribution in [0.2, 0.25) is 0 Å². The van der Waals surface area contributed by atoms with Gasteiger partial charge < -0.3 is 9.73 Å². The van der Waals surface area contributed by atoms with Crippen LogP contribution in [-0.2, 0) is 4.79 Å². The molecule has 0 fully saturated rings. The number of amides is 1. The molecule has 4 heteroatoms. The number of nitrogens with one attached hydrogen (secondary N) is 1. The van der Waals surface area contributed by atoms with Crippen molar-refractivity contribution in [2.24, 2.45) is 4.99 Å². The quantitative estimate of drug-likeness (QED) is 0.644. The van der Waals surface area contributed by atoms with Gasteiger partial charge in [0.1, 0.15) is 0 Å². The number of carbonyl (C=O) groups excluding carboxylic acids is 1. The third kappa shape index (κ3) is 1.11. The van der Waals surface area contributed by atoms with E-state index in [1.54, 1.807) is 12.1 Å². The smallest absolute Gasteiger partial charge is 0.273 e. The van der Waals surface area contributed by atoms with Crippen LogP contribution in [0.1, 0.15) is 5.76 Å². The fourth-order valence-corrected chi connectivity index (χ4v) is 1.10. The van der Waals surface area contributed by atoms with E-state index < -0.39 is 0 Å². The molecule has 0 atom stereocenters. The molecular weight excluding hydrogens is 156 g/mol. The Morgan fingerprint density at radius 3 is 3.17 bits per heavy atom. The summed E-state index contributed by atoms with van der Waals surface area (Å²) in [4.78, 5) is 15.3. The van der Waals surface area contributed by atoms with Crippen molar-refractivity contribution in [2.75, 3.05) is 13.1 Å². The first kappa shape index (κ1) is 7.09. The maximum Gasteiger partial charge on any atom is 0.273 e. The molecule has 1 N–H and O–H groups in total. The van der Waals surface area contributed by atoms with Gasteiger partial charge in [0.05, 0.1) is 12.8 Å². The maximum atomic E-state index is 11.2. The topological polar surface area (TPSA) is 54.6 Å². The summed E-state index contributed by atoms with van der Waals surface area (Å²) in [6, 6.07) is 3.46. The Balaban J connectivity index is 2.34. The van der Waals surface area contributed by atoms with Gasteiger partial charge in [-0.25, -0.2) is 0 Å². The van der Waals surface area contributed by atoms with Crippen LogP contribution in [0.15, 0.2) is 27.8 Å². The van der Waals surface area contributed by atoms with Gasteiger partial charge in [0.15, 0.2) is 11.5 Å². The summed E-state index contributed by atoms with van der Waals surface area (Å²) in [7, 11) is 0. The maximum absolute atomic E-state index is 11.2. The molecule has 0 spiro atoms. The highest BCUT2D eigenvalue weighted by Crippen LogP contribution is 2.04. The van der Waals surface area contributed by atoms with Gasteiger partial charge >= 0.3 is 0 Å². The summed E-state index contributed by atoms with van der Waals surface area (Å²) >= 11 is 0. The van der Waals surface area contributed by atoms with E-state index in [-0.39, 0.29) is 5.91 Å². The second kappa shape index (κ2) is 2.81. The first-order valence-corrected chi connectivity index (χ1v) is 3.74. The third-order valence-electron chi connectivity index (χ3n) is 1.64. The molecule has 1 aromatic rings. The van der Waals surface area contributed by atoms with Gasteiger partial charge in [-0.05, 0) is 12.1 Å². The Bertz CT molecular complexity index is 314. The predicted octanol–water partition coefficient (Wildman–Crippen LogP) is 0.198. The lowest BCUT2D eigenvalue weighted by Gasteiger charge is -2.09. The number of hydrogen-bond donors (Lipinski definition) is 1. The first-order valence-electron chi connectivity index (χ1n) is 3.74. The molecule has 1 aliphatic heterocycles. The molecule has 0 aromatic carbocycles. The highest BCUT2D eigenvalue weighted by molar-refractivity contribution is 6.44. The molecule has 0 radical (unpaired) electrons. The lowest BCUT2D eigenvalue weighted by molar-refractivity contribution is -0.115. The Kier molecular flexibility index (Phi) is 1.66. The fraction of sp³-hybridized carbons (Fsp3) is 0.250. The van der Waals surface area contributed by atoms with E-state index in [4.69, 9.17) is 4.42 Å². The zero-order valence-electron chi connectivity index (χ0n) is 6.41. The summed E-state index contributed by atoms with van der Waals surface area (Å²) in [6.45, 7) is 1.24. The Hall–Kier alpha value is -1.58. The Morgan fingerprint density at radius 2 is 2.50 bits per heavy atom. The molecule has 12 heavy (non-hydrogen) atoms. The number of furan rings is 1. The summed E-state index contributed by atoms with van der Waals surface area (Å²) in [5.74, 6) is 0.378. The zero-order chi connectivity index (χ0) is 8.39. The standard InChI is InChI=1S/C8H8N2O2/c11-8-7(9-3-4-10-8)6-2-1-5-12-6/h1-2,5H,3-4H2,(H,10,11). The number of aliphatic imine (C=N–C) groups is 1. The normalized spacial score (nSPS) is 17.0. The van der Waals surface area contributed by atoms with E-state index in [0.717, 1.165) is 0 Å². The summed E-state index contributed by atoms with van der Waals surface area (Å²) in [5.41, 5.74) is 0.395. The van der Waals surface area contributed by atoms with Gasteiger partial charge in [0.2, 0.25) is 0 Å². The van der Waals surface area contributed by atoms with Crippen LogP contribution in [0.5, 0.6) is 0 Å². The lowest BCUT2D eigenvalue weighted by atomic mass is 10.2. The lowest BCUT2D eigenvalue weighted by Crippen LogP contribution is -2.37. The van der Waals surface area contributed by atoms with Gasteiger partial charge in [0.25, 0.3) is 5.91 Å². The molecule has 0 aliphatic carbocycles. The first-order chi connectivity index (χ1) is 5.88. The molecule has 0 saturated heterocycles. The van der Waals surface area contributed by atoms with E-state index in [1.807, 2.05) is 0 Å². The van der Waals surface area contributed by atoms with E-state index in [0.29, 0.717) is 24.6 Å². The molecule has 2 rings (SSSR count). The van der Waals surface area contributed by atoms with Crippen molar-refractivity contribution >= 4 is 11.6 Å². The van der Waals surface area contributed by atoms with Gasteiger partial charge in [-0.3, -0.25) is 9.79 Å². The number of hydrogen-bond acceptors (Lipinski definition) is 3. The summed E-state index contributed by atoms with van der Waals surface area (Å²) in [5, 5.41) is 2.69. The van der Waals surface area contributed by atoms with Crippen LogP contribution < -0.4 is 5.32 Å². The second-order valence-electron chi connectivity index (χ2n) is 2.46. The van der Waals surface area contributed by atoms with Crippen molar-refractivity contribution in [2.45, 2.75) is 0 Å². The predicted molar refractivity (Wildman–Crippen MR) is 43.1 cm³/mol. The van der Waals surface area contributed by atoms with Gasteiger partial charge in [-0.1, -0.05) is 0 Å². The van der Waals surface area contributed by atoms with E-state index in [2.05, 4.69) is 10.3 Å². The largest absolute Gasteiger partial charge is 0.463 e. The average Bonchev–Trinajstić information content (AvgIpc) is 2.57. The number of carbonyl (C=O) groups is 1. The van der Waals surface area contributed by atoms with Crippen molar-refractivity contribution in [1.82, 2.24) is 5.32 Å². The zero-order valence-corrected chi connectivity index (χ0v) is 6.41. The van der Waals surface area contributed by atoms with Crippen LogP contribution >= 0.6 is 0 Å². The summed E-state index contributed by atoms with van der Waals surface area (Å²) < 4.78 is 5.05. The fourth-order valence-electron chi connectivity index (χ4n) is 1.10. The average molecular weight is 164 g/mol. The molecule has 0 saturated carbocycles. The third-order valence-corrected chi connectivity index (χ3v) is 1.64. The monoisotopic (exact) mass is 164 g/mol. The van der Waals surface area contributed by atoms with Crippen LogP contribution in [0.4, 0.5) is 0 Å². The minimum Gasteiger partial charge on any atom is -0.463 e. The highest BCUT2D eigenvalue weighted by Gasteiger charge is 2.18. The minimum atomic E-state index is -0.156. The molecule has 1 amide bonds.